The molecule has 18 heavy (non-hydrogen) atoms. The number of nitrogens with zero attached hydrogens (tertiary/aromatic N) is 1. The van der Waals surface area contributed by atoms with Gasteiger partial charge in [0.15, 0.2) is 0 Å². The molecular weight excluding hydrogens is 232 g/mol. The second kappa shape index (κ2) is 5.99. The van der Waals surface area contributed by atoms with Gasteiger partial charge in [-0.25, -0.2) is 0 Å². The molecule has 2 fully saturated rings. The molecule has 0 spiro atoms. The highest BCUT2D eigenvalue weighted by Crippen LogP contribution is 2.32. The molecule has 3 unspecified atom stereocenters. The standard InChI is InChI=1S/C13H24N2O3/c1-15-10-4-3-5-11(15)7-9(6-10)14-12(8-18-2)13(16)17/h9-12,14H,3-8H2,1-2H3,(H,16,17). The van der Waals surface area contributed by atoms with Crippen molar-refractivity contribution in [1.29, 1.82) is 0 Å². The molecule has 2 rings (SSSR count). The van der Waals surface area contributed by atoms with Crippen LogP contribution in [0, 0.1) is 0 Å². The lowest BCUT2D eigenvalue weighted by molar-refractivity contribution is -0.141. The number of hydrogen-bond donors (Lipinski definition) is 2. The Bertz CT molecular complexity index is 284. The first-order chi connectivity index (χ1) is 8.61. The van der Waals surface area contributed by atoms with Crippen molar-refractivity contribution in [1.82, 2.24) is 10.2 Å². The maximum Gasteiger partial charge on any atom is 0.323 e. The Morgan fingerprint density at radius 2 is 2.06 bits per heavy atom. The number of fused-ring (bicyclic) bond motifs is 2. The topological polar surface area (TPSA) is 61.8 Å². The van der Waals surface area contributed by atoms with E-state index < -0.39 is 12.0 Å². The van der Waals surface area contributed by atoms with Gasteiger partial charge in [-0.1, -0.05) is 6.42 Å². The summed E-state index contributed by atoms with van der Waals surface area (Å²) < 4.78 is 4.97. The monoisotopic (exact) mass is 256 g/mol. The zero-order valence-corrected chi connectivity index (χ0v) is 11.3. The van der Waals surface area contributed by atoms with Crippen molar-refractivity contribution in [3.8, 4) is 0 Å². The first-order valence-electron chi connectivity index (χ1n) is 6.81. The summed E-state index contributed by atoms with van der Waals surface area (Å²) in [6.07, 6.45) is 5.91. The summed E-state index contributed by atoms with van der Waals surface area (Å²) in [5, 5.41) is 12.4. The second-order valence-corrected chi connectivity index (χ2v) is 5.59. The van der Waals surface area contributed by atoms with Gasteiger partial charge < -0.3 is 14.7 Å². The average Bonchev–Trinajstić information content (AvgIpc) is 2.29. The van der Waals surface area contributed by atoms with Gasteiger partial charge in [-0.05, 0) is 32.7 Å². The number of carboxylic acids is 1. The number of nitrogens with one attached hydrogen (secondary N) is 1. The van der Waals surface area contributed by atoms with Gasteiger partial charge in [0, 0.05) is 25.2 Å². The van der Waals surface area contributed by atoms with Crippen molar-refractivity contribution in [2.45, 2.75) is 56.3 Å². The van der Waals surface area contributed by atoms with Crippen LogP contribution >= 0.6 is 0 Å². The van der Waals surface area contributed by atoms with Crippen LogP contribution in [0.5, 0.6) is 0 Å². The van der Waals surface area contributed by atoms with E-state index in [-0.39, 0.29) is 6.61 Å². The van der Waals surface area contributed by atoms with Crippen LogP contribution in [0.15, 0.2) is 0 Å². The fourth-order valence-electron chi connectivity index (χ4n) is 3.39. The van der Waals surface area contributed by atoms with E-state index in [1.54, 1.807) is 7.11 Å². The van der Waals surface area contributed by atoms with E-state index in [0.29, 0.717) is 18.1 Å². The maximum absolute atomic E-state index is 11.1. The van der Waals surface area contributed by atoms with Gasteiger partial charge in [-0.15, -0.1) is 0 Å². The number of hydrogen-bond acceptors (Lipinski definition) is 4. The predicted octanol–water partition coefficient (Wildman–Crippen LogP) is 0.691. The molecule has 0 aromatic carbocycles. The van der Waals surface area contributed by atoms with Gasteiger partial charge in [0.2, 0.25) is 0 Å². The van der Waals surface area contributed by atoms with Crippen LogP contribution in [0.25, 0.3) is 0 Å². The molecule has 2 aliphatic rings. The van der Waals surface area contributed by atoms with Gasteiger partial charge in [0.1, 0.15) is 6.04 Å². The molecule has 2 saturated heterocycles. The van der Waals surface area contributed by atoms with Crippen molar-refractivity contribution < 1.29 is 14.6 Å². The summed E-state index contributed by atoms with van der Waals surface area (Å²) >= 11 is 0. The normalized spacial score (nSPS) is 34.2. The van der Waals surface area contributed by atoms with Gasteiger partial charge in [0.05, 0.1) is 6.61 Å². The fourth-order valence-corrected chi connectivity index (χ4v) is 3.39. The molecule has 3 atom stereocenters. The second-order valence-electron chi connectivity index (χ2n) is 5.59. The van der Waals surface area contributed by atoms with E-state index >= 15 is 0 Å². The first kappa shape index (κ1) is 13.8. The van der Waals surface area contributed by atoms with Crippen molar-refractivity contribution in [3.63, 3.8) is 0 Å². The SMILES string of the molecule is COCC(NC1CC2CCCC(C1)N2C)C(=O)O. The van der Waals surface area contributed by atoms with Crippen LogP contribution in [0.2, 0.25) is 0 Å². The van der Waals surface area contributed by atoms with E-state index in [0.717, 1.165) is 12.8 Å². The first-order valence-corrected chi connectivity index (χ1v) is 6.81. The molecule has 2 heterocycles. The minimum atomic E-state index is -0.819. The van der Waals surface area contributed by atoms with Gasteiger partial charge >= 0.3 is 5.97 Å². The van der Waals surface area contributed by atoms with E-state index in [4.69, 9.17) is 9.84 Å². The Balaban J connectivity index is 1.92. The van der Waals surface area contributed by atoms with E-state index in [1.165, 1.54) is 19.3 Å². The summed E-state index contributed by atoms with van der Waals surface area (Å²) in [6, 6.07) is 0.968. The Hall–Kier alpha value is -0.650. The van der Waals surface area contributed by atoms with E-state index in [2.05, 4.69) is 17.3 Å². The smallest absolute Gasteiger partial charge is 0.323 e. The quantitative estimate of drug-likeness (QED) is 0.758. The molecule has 0 amide bonds. The Kier molecular flexibility index (Phi) is 4.59. The lowest BCUT2D eigenvalue weighted by Crippen LogP contribution is -2.57. The molecule has 0 aliphatic carbocycles. The molecule has 2 N–H and O–H groups in total. The summed E-state index contributed by atoms with van der Waals surface area (Å²) in [5.74, 6) is -0.819. The molecule has 5 heteroatoms. The van der Waals surface area contributed by atoms with Crippen LogP contribution < -0.4 is 5.32 Å². The lowest BCUT2D eigenvalue weighted by Gasteiger charge is -2.47. The molecular formula is C13H24N2O3. The molecule has 0 saturated carbocycles. The van der Waals surface area contributed by atoms with Crippen LogP contribution in [-0.4, -0.2) is 60.9 Å². The Morgan fingerprint density at radius 3 is 2.56 bits per heavy atom. The van der Waals surface area contributed by atoms with Crippen molar-refractivity contribution in [3.05, 3.63) is 0 Å². The molecule has 2 bridgehead atoms. The van der Waals surface area contributed by atoms with E-state index in [1.807, 2.05) is 0 Å². The van der Waals surface area contributed by atoms with Crippen LogP contribution in [0.1, 0.15) is 32.1 Å². The zero-order valence-electron chi connectivity index (χ0n) is 11.3. The van der Waals surface area contributed by atoms with Crippen molar-refractivity contribution in [2.24, 2.45) is 0 Å². The highest BCUT2D eigenvalue weighted by molar-refractivity contribution is 5.73. The minimum Gasteiger partial charge on any atom is -0.480 e. The number of aliphatic carboxylic acids is 1. The molecule has 5 nitrogen and oxygen atoms in total. The van der Waals surface area contributed by atoms with Crippen molar-refractivity contribution in [2.75, 3.05) is 20.8 Å². The molecule has 104 valence electrons. The number of piperidine rings is 2. The molecule has 2 aliphatic heterocycles. The Morgan fingerprint density at radius 1 is 1.44 bits per heavy atom. The summed E-state index contributed by atoms with van der Waals surface area (Å²) in [7, 11) is 3.75. The minimum absolute atomic E-state index is 0.233. The predicted molar refractivity (Wildman–Crippen MR) is 68.6 cm³/mol. The van der Waals surface area contributed by atoms with Crippen molar-refractivity contribution >= 4 is 5.97 Å². The number of ether oxygens (including phenoxy) is 1. The molecule has 0 aromatic rings. The molecule has 0 radical (unpaired) electrons. The van der Waals surface area contributed by atoms with Gasteiger partial charge in [-0.2, -0.15) is 0 Å². The van der Waals surface area contributed by atoms with E-state index in [9.17, 15) is 4.79 Å². The van der Waals surface area contributed by atoms with Crippen LogP contribution in [0.4, 0.5) is 0 Å². The average molecular weight is 256 g/mol. The third kappa shape index (κ3) is 3.02. The fraction of sp³-hybridized carbons (Fsp3) is 0.923. The number of carboxylic acid groups (broad SMARTS) is 1. The lowest BCUT2D eigenvalue weighted by atomic mass is 9.82. The number of rotatable bonds is 5. The highest BCUT2D eigenvalue weighted by atomic mass is 16.5. The molecule has 0 aromatic heterocycles. The number of carbonyl (C=O) groups is 1. The summed E-state index contributed by atoms with van der Waals surface area (Å²) in [5.41, 5.74) is 0. The maximum atomic E-state index is 11.1. The third-order valence-electron chi connectivity index (χ3n) is 4.41. The van der Waals surface area contributed by atoms with Gasteiger partial charge in [-0.3, -0.25) is 10.1 Å². The largest absolute Gasteiger partial charge is 0.480 e. The summed E-state index contributed by atoms with van der Waals surface area (Å²) in [6.45, 7) is 0.233. The highest BCUT2D eigenvalue weighted by Gasteiger charge is 2.37. The summed E-state index contributed by atoms with van der Waals surface area (Å²) in [4.78, 5) is 13.6. The zero-order chi connectivity index (χ0) is 13.1. The number of methoxy groups -OCH3 is 1. The third-order valence-corrected chi connectivity index (χ3v) is 4.41. The van der Waals surface area contributed by atoms with Crippen LogP contribution in [0.3, 0.4) is 0 Å². The van der Waals surface area contributed by atoms with Crippen LogP contribution in [-0.2, 0) is 9.53 Å². The van der Waals surface area contributed by atoms with Gasteiger partial charge in [0.25, 0.3) is 0 Å². The Labute approximate surface area is 108 Å².